The summed E-state index contributed by atoms with van der Waals surface area (Å²) in [6, 6.07) is -0.476. The Morgan fingerprint density at radius 3 is 2.75 bits per heavy atom. The Kier molecular flexibility index (Phi) is 1.52. The summed E-state index contributed by atoms with van der Waals surface area (Å²) < 4.78 is 0. The SMILES string of the molecule is O=[N+]([O-])C1C2CCC1/C(=N/O)C2. The highest BCUT2D eigenvalue weighted by Gasteiger charge is 2.53. The van der Waals surface area contributed by atoms with Gasteiger partial charge in [0.2, 0.25) is 6.04 Å². The standard InChI is InChI=1S/C7H10N2O3/c10-8-6-3-4-1-2-5(6)7(4)9(11)12/h4-5,7,10H,1-3H2/b8-6+. The summed E-state index contributed by atoms with van der Waals surface area (Å²) in [7, 11) is 0. The average molecular weight is 170 g/mol. The summed E-state index contributed by atoms with van der Waals surface area (Å²) in [6.45, 7) is 0. The van der Waals surface area contributed by atoms with Crippen LogP contribution >= 0.6 is 0 Å². The third kappa shape index (κ3) is 0.821. The van der Waals surface area contributed by atoms with Gasteiger partial charge in [-0.2, -0.15) is 0 Å². The molecule has 5 heteroatoms. The Hall–Kier alpha value is -1.13. The van der Waals surface area contributed by atoms with Crippen LogP contribution in [0.15, 0.2) is 5.16 Å². The molecule has 3 atom stereocenters. The minimum atomic E-state index is -0.476. The summed E-state index contributed by atoms with van der Waals surface area (Å²) in [5.74, 6) is 0.0332. The molecule has 1 N–H and O–H groups in total. The summed E-state index contributed by atoms with van der Waals surface area (Å²) in [5, 5.41) is 22.3. The van der Waals surface area contributed by atoms with Gasteiger partial charge in [-0.1, -0.05) is 5.16 Å². The van der Waals surface area contributed by atoms with Gasteiger partial charge in [-0.25, -0.2) is 0 Å². The molecule has 0 aromatic rings. The number of nitrogens with zero attached hydrogens (tertiary/aromatic N) is 2. The Morgan fingerprint density at radius 1 is 1.58 bits per heavy atom. The lowest BCUT2D eigenvalue weighted by Gasteiger charge is -2.06. The second-order valence-electron chi connectivity index (χ2n) is 3.52. The topological polar surface area (TPSA) is 75.7 Å². The van der Waals surface area contributed by atoms with Crippen molar-refractivity contribution in [2.75, 3.05) is 0 Å². The van der Waals surface area contributed by atoms with Crippen LogP contribution in [0.3, 0.4) is 0 Å². The zero-order valence-corrected chi connectivity index (χ0v) is 6.51. The molecule has 3 unspecified atom stereocenters. The maximum Gasteiger partial charge on any atom is 0.224 e. The number of rotatable bonds is 1. The molecule has 2 saturated carbocycles. The molecule has 5 nitrogen and oxygen atoms in total. The predicted molar refractivity (Wildman–Crippen MR) is 40.8 cm³/mol. The lowest BCUT2D eigenvalue weighted by Crippen LogP contribution is -2.25. The van der Waals surface area contributed by atoms with Gasteiger partial charge >= 0.3 is 0 Å². The van der Waals surface area contributed by atoms with E-state index in [-0.39, 0.29) is 16.8 Å². The highest BCUT2D eigenvalue weighted by Crippen LogP contribution is 2.44. The van der Waals surface area contributed by atoms with Crippen LogP contribution in [-0.4, -0.2) is 21.9 Å². The summed E-state index contributed by atoms with van der Waals surface area (Å²) in [4.78, 5) is 10.4. The van der Waals surface area contributed by atoms with Gasteiger partial charge in [0.25, 0.3) is 0 Å². The maximum atomic E-state index is 10.6. The first-order chi connectivity index (χ1) is 5.74. The first-order valence-corrected chi connectivity index (χ1v) is 4.08. The monoisotopic (exact) mass is 170 g/mol. The Bertz CT molecular complexity index is 251. The molecule has 2 fully saturated rings. The number of nitro groups is 1. The van der Waals surface area contributed by atoms with Gasteiger partial charge < -0.3 is 5.21 Å². The van der Waals surface area contributed by atoms with E-state index in [9.17, 15) is 10.1 Å². The molecule has 2 bridgehead atoms. The molecule has 12 heavy (non-hydrogen) atoms. The van der Waals surface area contributed by atoms with Crippen molar-refractivity contribution < 1.29 is 10.1 Å². The molecule has 0 spiro atoms. The van der Waals surface area contributed by atoms with Crippen molar-refractivity contribution in [2.45, 2.75) is 25.3 Å². The molecule has 2 aliphatic rings. The minimum Gasteiger partial charge on any atom is -0.411 e. The second kappa shape index (κ2) is 2.43. The normalized spacial score (nSPS) is 42.3. The summed E-state index contributed by atoms with van der Waals surface area (Å²) >= 11 is 0. The van der Waals surface area contributed by atoms with Crippen molar-refractivity contribution in [1.29, 1.82) is 0 Å². The summed E-state index contributed by atoms with van der Waals surface area (Å²) in [6.07, 6.45) is 2.35. The maximum absolute atomic E-state index is 10.6. The zero-order chi connectivity index (χ0) is 8.72. The van der Waals surface area contributed by atoms with Crippen LogP contribution in [0, 0.1) is 22.0 Å². The lowest BCUT2D eigenvalue weighted by atomic mass is 9.99. The van der Waals surface area contributed by atoms with Crippen LogP contribution in [-0.2, 0) is 0 Å². The van der Waals surface area contributed by atoms with Gasteiger partial charge in [0.1, 0.15) is 0 Å². The van der Waals surface area contributed by atoms with E-state index in [0.717, 1.165) is 12.8 Å². The Morgan fingerprint density at radius 2 is 2.33 bits per heavy atom. The molecule has 0 heterocycles. The van der Waals surface area contributed by atoms with Crippen LogP contribution in [0.25, 0.3) is 0 Å². The number of hydrogen-bond acceptors (Lipinski definition) is 4. The van der Waals surface area contributed by atoms with Crippen molar-refractivity contribution in [3.8, 4) is 0 Å². The van der Waals surface area contributed by atoms with Crippen molar-refractivity contribution in [3.63, 3.8) is 0 Å². The van der Waals surface area contributed by atoms with E-state index < -0.39 is 6.04 Å². The van der Waals surface area contributed by atoms with E-state index in [4.69, 9.17) is 5.21 Å². The molecule has 0 aromatic heterocycles. The van der Waals surface area contributed by atoms with E-state index in [0.29, 0.717) is 12.1 Å². The van der Waals surface area contributed by atoms with Crippen LogP contribution in [0.5, 0.6) is 0 Å². The van der Waals surface area contributed by atoms with Gasteiger partial charge in [-0.15, -0.1) is 0 Å². The fraction of sp³-hybridized carbons (Fsp3) is 0.857. The van der Waals surface area contributed by atoms with Gasteiger partial charge in [-0.05, 0) is 19.3 Å². The first kappa shape index (κ1) is 7.52. The fourth-order valence-electron chi connectivity index (χ4n) is 2.50. The van der Waals surface area contributed by atoms with Crippen molar-refractivity contribution in [1.82, 2.24) is 0 Å². The quantitative estimate of drug-likeness (QED) is 0.360. The van der Waals surface area contributed by atoms with Crippen molar-refractivity contribution >= 4 is 5.71 Å². The van der Waals surface area contributed by atoms with Crippen molar-refractivity contribution in [2.24, 2.45) is 17.0 Å². The van der Waals surface area contributed by atoms with Crippen molar-refractivity contribution in [3.05, 3.63) is 10.1 Å². The molecule has 0 aromatic carbocycles. The van der Waals surface area contributed by atoms with Gasteiger partial charge in [0.05, 0.1) is 11.6 Å². The molecule has 66 valence electrons. The molecular formula is C7H10N2O3. The molecule has 2 aliphatic carbocycles. The van der Waals surface area contributed by atoms with Crippen LogP contribution < -0.4 is 0 Å². The average Bonchev–Trinajstić information content (AvgIpc) is 2.59. The number of fused-ring (bicyclic) bond motifs is 2. The summed E-state index contributed by atoms with van der Waals surface area (Å²) in [5.41, 5.74) is 0.632. The molecule has 0 radical (unpaired) electrons. The van der Waals surface area contributed by atoms with E-state index in [2.05, 4.69) is 5.16 Å². The molecule has 0 aliphatic heterocycles. The largest absolute Gasteiger partial charge is 0.411 e. The van der Waals surface area contributed by atoms with E-state index in [1.165, 1.54) is 0 Å². The molecule has 0 saturated heterocycles. The van der Waals surface area contributed by atoms with Gasteiger partial charge in [-0.3, -0.25) is 10.1 Å². The highest BCUT2D eigenvalue weighted by atomic mass is 16.6. The minimum absolute atomic E-state index is 0.0880. The van der Waals surface area contributed by atoms with Crippen LogP contribution in [0.1, 0.15) is 19.3 Å². The molecule has 0 amide bonds. The van der Waals surface area contributed by atoms with E-state index in [1.807, 2.05) is 0 Å². The highest BCUT2D eigenvalue weighted by molar-refractivity contribution is 5.90. The Labute approximate surface area is 69.2 Å². The Balaban J connectivity index is 2.25. The zero-order valence-electron chi connectivity index (χ0n) is 6.51. The number of oxime groups is 1. The van der Waals surface area contributed by atoms with Gasteiger partial charge in [0.15, 0.2) is 0 Å². The van der Waals surface area contributed by atoms with Crippen LogP contribution in [0.2, 0.25) is 0 Å². The predicted octanol–water partition coefficient (Wildman–Crippen LogP) is 0.892. The van der Waals surface area contributed by atoms with Gasteiger partial charge in [0, 0.05) is 10.8 Å². The fourth-order valence-corrected chi connectivity index (χ4v) is 2.50. The second-order valence-corrected chi connectivity index (χ2v) is 3.52. The molecule has 2 rings (SSSR count). The lowest BCUT2D eigenvalue weighted by molar-refractivity contribution is -0.530. The number of hydrogen-bond donors (Lipinski definition) is 1. The van der Waals surface area contributed by atoms with E-state index >= 15 is 0 Å². The first-order valence-electron chi connectivity index (χ1n) is 4.08. The smallest absolute Gasteiger partial charge is 0.224 e. The molecular weight excluding hydrogens is 160 g/mol. The van der Waals surface area contributed by atoms with E-state index in [1.54, 1.807) is 0 Å². The third-order valence-electron chi connectivity index (χ3n) is 3.01. The third-order valence-corrected chi connectivity index (χ3v) is 3.01. The van der Waals surface area contributed by atoms with Crippen LogP contribution in [0.4, 0.5) is 0 Å².